The van der Waals surface area contributed by atoms with Crippen LogP contribution in [0.1, 0.15) is 13.8 Å². The monoisotopic (exact) mass is 325 g/mol. The average molecular weight is 326 g/mol. The fraction of sp³-hybridized carbons (Fsp3) is 0.200. The Morgan fingerprint density at radius 3 is 2.60 bits per heavy atom. The number of aldehydes is 1. The Labute approximate surface area is 132 Å². The molecule has 0 saturated heterocycles. The number of benzene rings is 1. The summed E-state index contributed by atoms with van der Waals surface area (Å²) in [5.74, 6) is 0. The van der Waals surface area contributed by atoms with E-state index in [1.54, 1.807) is 18.3 Å². The molecule has 0 spiro atoms. The van der Waals surface area contributed by atoms with Crippen LogP contribution in [0.4, 0.5) is 0 Å². The molecular weight excluding hydrogens is 313 g/mol. The molecule has 0 atom stereocenters. The molecule has 0 unspecified atom stereocenters. The lowest BCUT2D eigenvalue weighted by Gasteiger charge is -2.18. The molecule has 5 heteroatoms. The maximum atomic E-state index is 11.1. The highest BCUT2D eigenvalue weighted by Crippen LogP contribution is 2.38. The molecule has 0 aliphatic rings. The summed E-state index contributed by atoms with van der Waals surface area (Å²) in [6, 6.07) is 9.19. The minimum Gasteiger partial charge on any atom is -0.302 e. The normalized spacial score (nSPS) is 11.4. The standard InChI is InChI=1S/C15H13Cl2NOS/c1-15(2,9-19)20-13-4-3-7-18-14(13)10-5-6-11(16)12(17)8-10/h3-9H,1-2H3. The summed E-state index contributed by atoms with van der Waals surface area (Å²) in [6.07, 6.45) is 2.65. The fourth-order valence-electron chi connectivity index (χ4n) is 1.64. The molecule has 1 aromatic heterocycles. The van der Waals surface area contributed by atoms with E-state index in [9.17, 15) is 4.79 Å². The van der Waals surface area contributed by atoms with E-state index in [1.807, 2.05) is 32.0 Å². The Bertz CT molecular complexity index is 644. The quantitative estimate of drug-likeness (QED) is 0.577. The van der Waals surface area contributed by atoms with Gasteiger partial charge in [0.05, 0.1) is 20.5 Å². The second kappa shape index (κ2) is 6.17. The van der Waals surface area contributed by atoms with Crippen LogP contribution >= 0.6 is 35.0 Å². The predicted octanol–water partition coefficient (Wildman–Crippen LogP) is 5.13. The number of carbonyl (C=O) groups excluding carboxylic acids is 1. The summed E-state index contributed by atoms with van der Waals surface area (Å²) in [5.41, 5.74) is 1.68. The predicted molar refractivity (Wildman–Crippen MR) is 85.7 cm³/mol. The van der Waals surface area contributed by atoms with Crippen LogP contribution < -0.4 is 0 Å². The van der Waals surface area contributed by atoms with E-state index in [0.29, 0.717) is 10.0 Å². The summed E-state index contributed by atoms with van der Waals surface area (Å²) < 4.78 is -0.506. The van der Waals surface area contributed by atoms with Crippen molar-refractivity contribution in [1.29, 1.82) is 0 Å². The lowest BCUT2D eigenvalue weighted by Crippen LogP contribution is -2.15. The van der Waals surface area contributed by atoms with E-state index < -0.39 is 4.75 Å². The molecule has 1 aromatic carbocycles. The van der Waals surface area contributed by atoms with E-state index in [2.05, 4.69) is 4.98 Å². The van der Waals surface area contributed by atoms with Crippen LogP contribution in [0.15, 0.2) is 41.4 Å². The van der Waals surface area contributed by atoms with Crippen molar-refractivity contribution in [2.75, 3.05) is 0 Å². The summed E-state index contributed by atoms with van der Waals surface area (Å²) in [5, 5.41) is 0.995. The fourth-order valence-corrected chi connectivity index (χ4v) is 2.97. The van der Waals surface area contributed by atoms with Gasteiger partial charge in [0.15, 0.2) is 0 Å². The first-order valence-electron chi connectivity index (χ1n) is 5.99. The van der Waals surface area contributed by atoms with Crippen molar-refractivity contribution in [1.82, 2.24) is 4.98 Å². The molecule has 0 saturated carbocycles. The van der Waals surface area contributed by atoms with Crippen molar-refractivity contribution in [2.45, 2.75) is 23.5 Å². The summed E-state index contributed by atoms with van der Waals surface area (Å²) in [4.78, 5) is 16.4. The zero-order valence-electron chi connectivity index (χ0n) is 11.1. The average Bonchev–Trinajstić information content (AvgIpc) is 2.42. The van der Waals surface area contributed by atoms with Gasteiger partial charge in [-0.25, -0.2) is 0 Å². The highest BCUT2D eigenvalue weighted by molar-refractivity contribution is 8.01. The van der Waals surface area contributed by atoms with Gasteiger partial charge in [0.1, 0.15) is 6.29 Å². The third-order valence-electron chi connectivity index (χ3n) is 2.62. The molecule has 2 nitrogen and oxygen atoms in total. The van der Waals surface area contributed by atoms with Crippen LogP contribution in [0.3, 0.4) is 0 Å². The molecule has 20 heavy (non-hydrogen) atoms. The molecule has 0 bridgehead atoms. The van der Waals surface area contributed by atoms with Crippen LogP contribution in [0, 0.1) is 0 Å². The smallest absolute Gasteiger partial charge is 0.135 e. The van der Waals surface area contributed by atoms with E-state index in [-0.39, 0.29) is 0 Å². The second-order valence-corrected chi connectivity index (χ2v) is 7.31. The van der Waals surface area contributed by atoms with Gasteiger partial charge in [0.2, 0.25) is 0 Å². The van der Waals surface area contributed by atoms with Crippen LogP contribution in [0.5, 0.6) is 0 Å². The van der Waals surface area contributed by atoms with Gasteiger partial charge in [0.25, 0.3) is 0 Å². The highest BCUT2D eigenvalue weighted by atomic mass is 35.5. The number of halogens is 2. The van der Waals surface area contributed by atoms with Crippen LogP contribution in [0.2, 0.25) is 10.0 Å². The number of aromatic nitrogens is 1. The third kappa shape index (κ3) is 3.54. The lowest BCUT2D eigenvalue weighted by atomic mass is 10.1. The minimum atomic E-state index is -0.506. The van der Waals surface area contributed by atoms with Crippen molar-refractivity contribution >= 4 is 41.2 Å². The van der Waals surface area contributed by atoms with Gasteiger partial charge in [0, 0.05) is 16.7 Å². The number of pyridine rings is 1. The van der Waals surface area contributed by atoms with Crippen LogP contribution in [-0.2, 0) is 4.79 Å². The van der Waals surface area contributed by atoms with Gasteiger partial charge in [-0.1, -0.05) is 29.3 Å². The maximum Gasteiger partial charge on any atom is 0.135 e. The number of hydrogen-bond donors (Lipinski definition) is 0. The van der Waals surface area contributed by atoms with Crippen LogP contribution in [-0.4, -0.2) is 16.0 Å². The van der Waals surface area contributed by atoms with Gasteiger partial charge in [-0.2, -0.15) is 0 Å². The first kappa shape index (κ1) is 15.4. The Hall–Kier alpha value is -1.03. The molecular formula is C15H13Cl2NOS. The molecule has 0 radical (unpaired) electrons. The summed E-state index contributed by atoms with van der Waals surface area (Å²) >= 11 is 13.5. The van der Waals surface area contributed by atoms with Gasteiger partial charge in [-0.05, 0) is 38.1 Å². The van der Waals surface area contributed by atoms with E-state index >= 15 is 0 Å². The number of nitrogens with zero attached hydrogens (tertiary/aromatic N) is 1. The lowest BCUT2D eigenvalue weighted by molar-refractivity contribution is -0.109. The molecule has 0 amide bonds. The van der Waals surface area contributed by atoms with E-state index in [0.717, 1.165) is 22.4 Å². The van der Waals surface area contributed by atoms with Crippen molar-refractivity contribution in [3.05, 3.63) is 46.6 Å². The topological polar surface area (TPSA) is 30.0 Å². The first-order chi connectivity index (χ1) is 9.43. The molecule has 2 rings (SSSR count). The van der Waals surface area contributed by atoms with E-state index in [4.69, 9.17) is 23.2 Å². The highest BCUT2D eigenvalue weighted by Gasteiger charge is 2.21. The largest absolute Gasteiger partial charge is 0.302 e. The SMILES string of the molecule is CC(C)(C=O)Sc1cccnc1-c1ccc(Cl)c(Cl)c1. The number of thioether (sulfide) groups is 1. The number of carbonyl (C=O) groups is 1. The Balaban J connectivity index is 2.46. The second-order valence-electron chi connectivity index (χ2n) is 4.80. The molecule has 0 fully saturated rings. The Morgan fingerprint density at radius 2 is 1.95 bits per heavy atom. The summed E-state index contributed by atoms with van der Waals surface area (Å²) in [6.45, 7) is 3.74. The van der Waals surface area contributed by atoms with Gasteiger partial charge >= 0.3 is 0 Å². The molecule has 0 N–H and O–H groups in total. The van der Waals surface area contributed by atoms with Crippen molar-refractivity contribution < 1.29 is 4.79 Å². The Kier molecular flexibility index (Phi) is 4.74. The minimum absolute atomic E-state index is 0.486. The molecule has 0 aliphatic heterocycles. The van der Waals surface area contributed by atoms with E-state index in [1.165, 1.54) is 11.8 Å². The Morgan fingerprint density at radius 1 is 1.20 bits per heavy atom. The molecule has 1 heterocycles. The summed E-state index contributed by atoms with van der Waals surface area (Å²) in [7, 11) is 0. The van der Waals surface area contributed by atoms with Crippen molar-refractivity contribution in [2.24, 2.45) is 0 Å². The third-order valence-corrected chi connectivity index (χ3v) is 4.53. The molecule has 2 aromatic rings. The van der Waals surface area contributed by atoms with Gasteiger partial charge in [-0.15, -0.1) is 11.8 Å². The van der Waals surface area contributed by atoms with Crippen molar-refractivity contribution in [3.63, 3.8) is 0 Å². The molecule has 0 aliphatic carbocycles. The zero-order valence-corrected chi connectivity index (χ0v) is 13.4. The number of rotatable bonds is 4. The molecule has 104 valence electrons. The zero-order chi connectivity index (χ0) is 14.8. The maximum absolute atomic E-state index is 11.1. The number of hydrogen-bond acceptors (Lipinski definition) is 3. The van der Waals surface area contributed by atoms with Gasteiger partial charge < -0.3 is 4.79 Å². The van der Waals surface area contributed by atoms with Crippen LogP contribution in [0.25, 0.3) is 11.3 Å². The van der Waals surface area contributed by atoms with Crippen molar-refractivity contribution in [3.8, 4) is 11.3 Å². The van der Waals surface area contributed by atoms with Gasteiger partial charge in [-0.3, -0.25) is 4.98 Å². The first-order valence-corrected chi connectivity index (χ1v) is 7.56.